The van der Waals surface area contributed by atoms with Crippen LogP contribution in [-0.4, -0.2) is 57.6 Å². The lowest BCUT2D eigenvalue weighted by Crippen LogP contribution is -2.55. The first-order valence-corrected chi connectivity index (χ1v) is 5.99. The van der Waals surface area contributed by atoms with Crippen molar-refractivity contribution in [3.63, 3.8) is 0 Å². The van der Waals surface area contributed by atoms with Gasteiger partial charge in [0.15, 0.2) is 0 Å². The largest absolute Gasteiger partial charge is 0.340 e. The van der Waals surface area contributed by atoms with Crippen molar-refractivity contribution in [2.75, 3.05) is 20.1 Å². The zero-order valence-corrected chi connectivity index (χ0v) is 11.0. The topological polar surface area (TPSA) is 58.4 Å². The lowest BCUT2D eigenvalue weighted by atomic mass is 10.1. The Hall–Kier alpha value is -1.85. The van der Waals surface area contributed by atoms with E-state index in [0.717, 1.165) is 5.69 Å². The van der Waals surface area contributed by atoms with Crippen LogP contribution >= 0.6 is 0 Å². The second-order valence-electron chi connectivity index (χ2n) is 4.79. The van der Waals surface area contributed by atoms with Crippen molar-refractivity contribution in [1.29, 1.82) is 0 Å². The molecule has 1 aliphatic rings. The van der Waals surface area contributed by atoms with Crippen molar-refractivity contribution in [1.82, 2.24) is 19.6 Å². The first kappa shape index (κ1) is 12.6. The third-order valence-corrected chi connectivity index (χ3v) is 3.32. The number of rotatable bonds is 2. The lowest BCUT2D eigenvalue weighted by Gasteiger charge is -2.37. The molecule has 0 unspecified atom stereocenters. The minimum atomic E-state index is -0.0398. The van der Waals surface area contributed by atoms with Crippen LogP contribution in [0, 0.1) is 0 Å². The summed E-state index contributed by atoms with van der Waals surface area (Å²) < 4.78 is 1.67. The fourth-order valence-corrected chi connectivity index (χ4v) is 2.04. The number of hydrogen-bond acceptors (Lipinski definition) is 3. The van der Waals surface area contributed by atoms with Gasteiger partial charge in [-0.15, -0.1) is 0 Å². The van der Waals surface area contributed by atoms with Crippen LogP contribution in [0.2, 0.25) is 0 Å². The van der Waals surface area contributed by atoms with E-state index in [0.29, 0.717) is 6.54 Å². The first-order chi connectivity index (χ1) is 8.47. The van der Waals surface area contributed by atoms with Crippen molar-refractivity contribution < 1.29 is 9.59 Å². The maximum Gasteiger partial charge on any atom is 0.242 e. The van der Waals surface area contributed by atoms with Crippen molar-refractivity contribution >= 4 is 11.8 Å². The van der Waals surface area contributed by atoms with Gasteiger partial charge in [0, 0.05) is 32.9 Å². The minimum Gasteiger partial charge on any atom is -0.340 e. The molecular formula is C12H18N4O2. The monoisotopic (exact) mass is 250 g/mol. The molecule has 0 spiro atoms. The fourth-order valence-electron chi connectivity index (χ4n) is 2.04. The van der Waals surface area contributed by atoms with Crippen LogP contribution in [0.25, 0.3) is 0 Å². The molecule has 0 aliphatic carbocycles. The quantitative estimate of drug-likeness (QED) is 0.721. The molecule has 0 N–H and O–H groups in total. The number of carbonyl (C=O) groups is 2. The second-order valence-corrected chi connectivity index (χ2v) is 4.79. The van der Waals surface area contributed by atoms with E-state index in [2.05, 4.69) is 5.10 Å². The highest BCUT2D eigenvalue weighted by atomic mass is 16.2. The summed E-state index contributed by atoms with van der Waals surface area (Å²) in [6.07, 6.45) is 2.06. The summed E-state index contributed by atoms with van der Waals surface area (Å²) in [6, 6.07) is 1.89. The van der Waals surface area contributed by atoms with E-state index >= 15 is 0 Å². The van der Waals surface area contributed by atoms with Gasteiger partial charge in [0.1, 0.15) is 0 Å². The summed E-state index contributed by atoms with van der Waals surface area (Å²) in [5.41, 5.74) is 0.738. The summed E-state index contributed by atoms with van der Waals surface area (Å²) in [6.45, 7) is 2.71. The number of hydrogen-bond donors (Lipinski definition) is 0. The van der Waals surface area contributed by atoms with Crippen LogP contribution in [0.15, 0.2) is 12.3 Å². The highest BCUT2D eigenvalue weighted by molar-refractivity contribution is 5.86. The molecule has 98 valence electrons. The molecule has 0 bridgehead atoms. The predicted octanol–water partition coefficient (Wildman–Crippen LogP) is -0.348. The molecule has 0 radical (unpaired) electrons. The van der Waals surface area contributed by atoms with E-state index in [1.165, 1.54) is 0 Å². The third kappa shape index (κ3) is 2.52. The molecule has 0 saturated carbocycles. The van der Waals surface area contributed by atoms with E-state index in [-0.39, 0.29) is 30.8 Å². The molecule has 1 aromatic heterocycles. The average Bonchev–Trinajstić information content (AvgIpc) is 2.71. The summed E-state index contributed by atoms with van der Waals surface area (Å²) in [4.78, 5) is 27.1. The normalized spacial score (nSPS) is 20.4. The highest BCUT2D eigenvalue weighted by Crippen LogP contribution is 2.10. The number of aryl methyl sites for hydroxylation is 1. The first-order valence-electron chi connectivity index (χ1n) is 5.99. The van der Waals surface area contributed by atoms with Gasteiger partial charge >= 0.3 is 0 Å². The molecule has 6 heteroatoms. The van der Waals surface area contributed by atoms with Gasteiger partial charge in [-0.25, -0.2) is 0 Å². The Bertz CT molecular complexity index is 468. The van der Waals surface area contributed by atoms with Crippen molar-refractivity contribution in [3.8, 4) is 0 Å². The van der Waals surface area contributed by atoms with Gasteiger partial charge in [-0.1, -0.05) is 0 Å². The van der Waals surface area contributed by atoms with E-state index in [9.17, 15) is 9.59 Å². The Kier molecular flexibility index (Phi) is 3.36. The van der Waals surface area contributed by atoms with Gasteiger partial charge in [-0.2, -0.15) is 5.10 Å². The number of aromatic nitrogens is 2. The molecular weight excluding hydrogens is 232 g/mol. The average molecular weight is 250 g/mol. The molecule has 18 heavy (non-hydrogen) atoms. The Morgan fingerprint density at radius 2 is 2.22 bits per heavy atom. The van der Waals surface area contributed by atoms with Gasteiger partial charge < -0.3 is 9.80 Å². The molecule has 1 saturated heterocycles. The van der Waals surface area contributed by atoms with E-state index in [1.807, 2.05) is 20.0 Å². The molecule has 2 rings (SSSR count). The Morgan fingerprint density at radius 3 is 2.78 bits per heavy atom. The summed E-state index contributed by atoms with van der Waals surface area (Å²) in [7, 11) is 3.59. The summed E-state index contributed by atoms with van der Waals surface area (Å²) in [5.74, 6) is -0.0508. The zero-order valence-electron chi connectivity index (χ0n) is 11.0. The Morgan fingerprint density at radius 1 is 1.50 bits per heavy atom. The minimum absolute atomic E-state index is 0.0110. The van der Waals surface area contributed by atoms with E-state index in [1.54, 1.807) is 27.7 Å². The zero-order chi connectivity index (χ0) is 13.3. The Balaban J connectivity index is 1.99. The third-order valence-electron chi connectivity index (χ3n) is 3.32. The molecule has 1 fully saturated rings. The molecule has 2 amide bonds. The second kappa shape index (κ2) is 4.80. The standard InChI is InChI=1S/C12H18N4O2/c1-9-7-16(8-12(18)15(9)3)11(17)6-10-4-5-14(2)13-10/h4-5,9H,6-8H2,1-3H3/t9-/m1/s1. The summed E-state index contributed by atoms with van der Waals surface area (Å²) >= 11 is 0. The summed E-state index contributed by atoms with van der Waals surface area (Å²) in [5, 5.41) is 4.17. The van der Waals surface area contributed by atoms with E-state index < -0.39 is 0 Å². The van der Waals surface area contributed by atoms with Gasteiger partial charge in [0.2, 0.25) is 11.8 Å². The van der Waals surface area contributed by atoms with E-state index in [4.69, 9.17) is 0 Å². The SMILES string of the molecule is C[C@@H]1CN(C(=O)Cc2ccn(C)n2)CC(=O)N1C. The van der Waals surface area contributed by atoms with Gasteiger partial charge in [0.05, 0.1) is 18.7 Å². The fraction of sp³-hybridized carbons (Fsp3) is 0.583. The molecule has 2 heterocycles. The van der Waals surface area contributed by atoms with Gasteiger partial charge in [-0.3, -0.25) is 14.3 Å². The molecule has 0 aromatic carbocycles. The molecule has 1 aliphatic heterocycles. The molecule has 1 atom stereocenters. The van der Waals surface area contributed by atoms with Gasteiger partial charge in [-0.05, 0) is 13.0 Å². The van der Waals surface area contributed by atoms with Crippen LogP contribution in [0.5, 0.6) is 0 Å². The van der Waals surface area contributed by atoms with Crippen LogP contribution in [0.3, 0.4) is 0 Å². The lowest BCUT2D eigenvalue weighted by molar-refractivity contribution is -0.146. The Labute approximate surface area is 106 Å². The van der Waals surface area contributed by atoms with Crippen LogP contribution in [0.4, 0.5) is 0 Å². The number of likely N-dealkylation sites (N-methyl/N-ethyl adjacent to an activating group) is 1. The van der Waals surface area contributed by atoms with Crippen LogP contribution in [-0.2, 0) is 23.1 Å². The molecule has 1 aromatic rings. The number of nitrogens with zero attached hydrogens (tertiary/aromatic N) is 4. The van der Waals surface area contributed by atoms with Crippen LogP contribution in [0.1, 0.15) is 12.6 Å². The predicted molar refractivity (Wildman–Crippen MR) is 65.7 cm³/mol. The molecule has 6 nitrogen and oxygen atoms in total. The number of piperazine rings is 1. The van der Waals surface area contributed by atoms with Crippen molar-refractivity contribution in [3.05, 3.63) is 18.0 Å². The smallest absolute Gasteiger partial charge is 0.242 e. The van der Waals surface area contributed by atoms with Crippen molar-refractivity contribution in [2.45, 2.75) is 19.4 Å². The maximum atomic E-state index is 12.1. The number of amides is 2. The van der Waals surface area contributed by atoms with Crippen molar-refractivity contribution in [2.24, 2.45) is 7.05 Å². The van der Waals surface area contributed by atoms with Crippen LogP contribution < -0.4 is 0 Å². The van der Waals surface area contributed by atoms with Gasteiger partial charge in [0.25, 0.3) is 0 Å². The highest BCUT2D eigenvalue weighted by Gasteiger charge is 2.29. The maximum absolute atomic E-state index is 12.1. The number of carbonyl (C=O) groups excluding carboxylic acids is 2.